The Morgan fingerprint density at radius 3 is 2.28 bits per heavy atom. The number of nitrogens with one attached hydrogen (secondary N) is 1. The molecule has 4 nitrogen and oxygen atoms in total. The summed E-state index contributed by atoms with van der Waals surface area (Å²) in [6.07, 6.45) is 12.4. The van der Waals surface area contributed by atoms with Gasteiger partial charge in [0.05, 0.1) is 17.0 Å². The summed E-state index contributed by atoms with van der Waals surface area (Å²) in [5, 5.41) is 10.8. The molecule has 132 valence electrons. The van der Waals surface area contributed by atoms with Crippen LogP contribution in [0.25, 0.3) is 0 Å². The molecular formula is C19H20INO3S. The molecule has 25 heavy (non-hydrogen) atoms. The van der Waals surface area contributed by atoms with Crippen molar-refractivity contribution >= 4 is 32.6 Å². The quantitative estimate of drug-likeness (QED) is 0.629. The Bertz CT molecular complexity index is 841. The zero-order valence-electron chi connectivity index (χ0n) is 13.7. The van der Waals surface area contributed by atoms with Gasteiger partial charge in [-0.15, -0.1) is 0 Å². The first kappa shape index (κ1) is 18.6. The number of hydrogen-bond donors (Lipinski definition) is 2. The highest BCUT2D eigenvalue weighted by atomic mass is 127. The molecule has 1 aromatic rings. The SMILES string of the molecule is Cc1ccc(S(=O)(=O)N[C@H](C2C=CC=C2I)[C@@H](O)C2C=CC=C2)cc1. The molecule has 0 fully saturated rings. The van der Waals surface area contributed by atoms with Crippen LogP contribution in [0.5, 0.6) is 0 Å². The lowest BCUT2D eigenvalue weighted by molar-refractivity contribution is 0.104. The van der Waals surface area contributed by atoms with E-state index in [1.54, 1.807) is 24.3 Å². The van der Waals surface area contributed by atoms with Crippen molar-refractivity contribution < 1.29 is 13.5 Å². The number of aliphatic hydroxyl groups is 1. The fourth-order valence-corrected chi connectivity index (χ4v) is 5.08. The Balaban J connectivity index is 1.90. The molecule has 0 spiro atoms. The number of halogens is 1. The monoisotopic (exact) mass is 469 g/mol. The van der Waals surface area contributed by atoms with Gasteiger partial charge in [-0.05, 0) is 45.2 Å². The molecule has 0 bridgehead atoms. The number of aryl methyl sites for hydroxylation is 1. The number of aliphatic hydroxyl groups excluding tert-OH is 1. The fraction of sp³-hybridized carbons (Fsp3) is 0.263. The van der Waals surface area contributed by atoms with Crippen LogP contribution in [0.4, 0.5) is 0 Å². The molecule has 1 aromatic carbocycles. The smallest absolute Gasteiger partial charge is 0.240 e. The van der Waals surface area contributed by atoms with Crippen molar-refractivity contribution in [3.05, 3.63) is 75.9 Å². The van der Waals surface area contributed by atoms with Crippen molar-refractivity contribution in [3.63, 3.8) is 0 Å². The number of benzene rings is 1. The molecule has 0 heterocycles. The van der Waals surface area contributed by atoms with Crippen molar-refractivity contribution in [1.29, 1.82) is 0 Å². The van der Waals surface area contributed by atoms with Crippen LogP contribution in [0.2, 0.25) is 0 Å². The van der Waals surface area contributed by atoms with Gasteiger partial charge in [-0.1, -0.05) is 60.2 Å². The summed E-state index contributed by atoms with van der Waals surface area (Å²) in [5.74, 6) is -0.387. The van der Waals surface area contributed by atoms with E-state index < -0.39 is 22.2 Å². The van der Waals surface area contributed by atoms with Gasteiger partial charge < -0.3 is 5.11 Å². The number of hydrogen-bond acceptors (Lipinski definition) is 3. The summed E-state index contributed by atoms with van der Waals surface area (Å²) in [7, 11) is -3.73. The van der Waals surface area contributed by atoms with Crippen molar-refractivity contribution in [2.24, 2.45) is 11.8 Å². The van der Waals surface area contributed by atoms with Crippen LogP contribution in [0.1, 0.15) is 5.56 Å². The van der Waals surface area contributed by atoms with E-state index in [0.717, 1.165) is 9.14 Å². The summed E-state index contributed by atoms with van der Waals surface area (Å²) in [6, 6.07) is 6.05. The van der Waals surface area contributed by atoms with Gasteiger partial charge in [0.15, 0.2) is 0 Å². The third kappa shape index (κ3) is 4.13. The molecule has 0 radical (unpaired) electrons. The normalized spacial score (nSPS) is 22.4. The first-order chi connectivity index (χ1) is 11.9. The predicted octanol–water partition coefficient (Wildman–Crippen LogP) is 3.25. The second kappa shape index (κ2) is 7.57. The van der Waals surface area contributed by atoms with Gasteiger partial charge in [0, 0.05) is 11.8 Å². The van der Waals surface area contributed by atoms with E-state index in [2.05, 4.69) is 27.3 Å². The lowest BCUT2D eigenvalue weighted by atomic mass is 9.89. The Hall–Kier alpha value is -1.22. The van der Waals surface area contributed by atoms with Crippen molar-refractivity contribution in [2.45, 2.75) is 24.0 Å². The van der Waals surface area contributed by atoms with Gasteiger partial charge in [0.2, 0.25) is 10.0 Å². The third-order valence-electron chi connectivity index (χ3n) is 4.44. The molecule has 0 aliphatic heterocycles. The van der Waals surface area contributed by atoms with E-state index in [1.807, 2.05) is 49.5 Å². The van der Waals surface area contributed by atoms with Gasteiger partial charge in [0.25, 0.3) is 0 Å². The van der Waals surface area contributed by atoms with E-state index in [1.165, 1.54) is 0 Å². The molecule has 0 saturated heterocycles. The lowest BCUT2D eigenvalue weighted by Crippen LogP contribution is -2.49. The van der Waals surface area contributed by atoms with Crippen LogP contribution in [0, 0.1) is 18.8 Å². The van der Waals surface area contributed by atoms with E-state index in [4.69, 9.17) is 0 Å². The van der Waals surface area contributed by atoms with E-state index in [9.17, 15) is 13.5 Å². The van der Waals surface area contributed by atoms with Gasteiger partial charge in [0.1, 0.15) is 0 Å². The van der Waals surface area contributed by atoms with Crippen LogP contribution >= 0.6 is 22.6 Å². The van der Waals surface area contributed by atoms with E-state index in [0.29, 0.717) is 0 Å². The molecule has 0 amide bonds. The molecule has 1 unspecified atom stereocenters. The standard InChI is InChI=1S/C19H20INO3S/c1-13-9-11-15(12-10-13)25(23,24)21-18(16-7-4-8-17(16)20)19(22)14-5-2-3-6-14/h2-12,14,16,18-19,21-22H,1H3/t16?,18-,19+/m1/s1. The lowest BCUT2D eigenvalue weighted by Gasteiger charge is -2.31. The van der Waals surface area contributed by atoms with Crippen LogP contribution in [-0.4, -0.2) is 25.7 Å². The number of sulfonamides is 1. The van der Waals surface area contributed by atoms with Crippen LogP contribution in [0.15, 0.2) is 75.3 Å². The maximum atomic E-state index is 12.8. The summed E-state index contributed by atoms with van der Waals surface area (Å²) < 4.78 is 29.4. The maximum absolute atomic E-state index is 12.8. The Labute approximate surface area is 162 Å². The van der Waals surface area contributed by atoms with Crippen LogP contribution in [-0.2, 0) is 10.0 Å². The highest BCUT2D eigenvalue weighted by Gasteiger charge is 2.36. The summed E-state index contributed by atoms with van der Waals surface area (Å²) in [4.78, 5) is 0.203. The molecule has 0 saturated carbocycles. The molecule has 2 aliphatic carbocycles. The molecule has 0 aromatic heterocycles. The third-order valence-corrected chi connectivity index (χ3v) is 7.00. The van der Waals surface area contributed by atoms with Crippen LogP contribution in [0.3, 0.4) is 0 Å². The van der Waals surface area contributed by atoms with E-state index in [-0.39, 0.29) is 16.7 Å². The fourth-order valence-electron chi connectivity index (χ4n) is 3.00. The molecule has 3 atom stereocenters. The molecule has 2 aliphatic rings. The zero-order valence-corrected chi connectivity index (χ0v) is 16.7. The van der Waals surface area contributed by atoms with E-state index >= 15 is 0 Å². The molecular weight excluding hydrogens is 449 g/mol. The average Bonchev–Trinajstić information content (AvgIpc) is 3.24. The Kier molecular flexibility index (Phi) is 5.62. The average molecular weight is 469 g/mol. The Morgan fingerprint density at radius 1 is 1.08 bits per heavy atom. The largest absolute Gasteiger partial charge is 0.390 e. The van der Waals surface area contributed by atoms with Gasteiger partial charge >= 0.3 is 0 Å². The van der Waals surface area contributed by atoms with Gasteiger partial charge in [-0.3, -0.25) is 0 Å². The second-order valence-electron chi connectivity index (χ2n) is 6.26. The maximum Gasteiger partial charge on any atom is 0.240 e. The highest BCUT2D eigenvalue weighted by molar-refractivity contribution is 14.1. The van der Waals surface area contributed by atoms with Gasteiger partial charge in [-0.2, -0.15) is 0 Å². The number of rotatable bonds is 6. The highest BCUT2D eigenvalue weighted by Crippen LogP contribution is 2.33. The molecule has 3 rings (SSSR count). The van der Waals surface area contributed by atoms with Crippen molar-refractivity contribution in [1.82, 2.24) is 4.72 Å². The second-order valence-corrected chi connectivity index (χ2v) is 9.22. The Morgan fingerprint density at radius 2 is 1.72 bits per heavy atom. The minimum absolute atomic E-state index is 0.182. The first-order valence-electron chi connectivity index (χ1n) is 8.04. The van der Waals surface area contributed by atoms with Gasteiger partial charge in [-0.25, -0.2) is 13.1 Å². The zero-order chi connectivity index (χ0) is 18.0. The molecule has 2 N–H and O–H groups in total. The summed E-state index contributed by atoms with van der Waals surface area (Å²) in [5.41, 5.74) is 0.993. The minimum Gasteiger partial charge on any atom is -0.390 e. The summed E-state index contributed by atoms with van der Waals surface area (Å²) >= 11 is 2.19. The topological polar surface area (TPSA) is 66.4 Å². The van der Waals surface area contributed by atoms with Crippen molar-refractivity contribution in [3.8, 4) is 0 Å². The minimum atomic E-state index is -3.73. The first-order valence-corrected chi connectivity index (χ1v) is 10.6. The number of allylic oxidation sites excluding steroid dienone is 4. The summed E-state index contributed by atoms with van der Waals surface area (Å²) in [6.45, 7) is 1.91. The molecule has 6 heteroatoms. The predicted molar refractivity (Wildman–Crippen MR) is 108 cm³/mol. The van der Waals surface area contributed by atoms with Crippen LogP contribution < -0.4 is 4.72 Å². The van der Waals surface area contributed by atoms with Crippen molar-refractivity contribution in [2.75, 3.05) is 0 Å².